The molecular weight excluding hydrogens is 160 g/mol. The standard InChI is InChI=1S/C11H24N2/c1-2-8-12-9-5-10-13-11-6-3-4-7-11/h11-13H,2-10H2,1H3. The molecule has 2 heteroatoms. The van der Waals surface area contributed by atoms with Gasteiger partial charge in [0, 0.05) is 6.04 Å². The third kappa shape index (κ3) is 5.27. The highest BCUT2D eigenvalue weighted by molar-refractivity contribution is 4.73. The molecule has 0 amide bonds. The maximum Gasteiger partial charge on any atom is 0.00670 e. The molecule has 1 aliphatic rings. The van der Waals surface area contributed by atoms with Crippen LogP contribution < -0.4 is 10.6 Å². The lowest BCUT2D eigenvalue weighted by molar-refractivity contribution is 0.504. The number of hydrogen-bond acceptors (Lipinski definition) is 2. The topological polar surface area (TPSA) is 24.1 Å². The van der Waals surface area contributed by atoms with E-state index >= 15 is 0 Å². The summed E-state index contributed by atoms with van der Waals surface area (Å²) in [5.41, 5.74) is 0. The molecule has 1 rings (SSSR count). The summed E-state index contributed by atoms with van der Waals surface area (Å²) in [7, 11) is 0. The van der Waals surface area contributed by atoms with E-state index in [-0.39, 0.29) is 0 Å². The molecule has 0 radical (unpaired) electrons. The molecule has 0 aliphatic heterocycles. The van der Waals surface area contributed by atoms with E-state index in [0.717, 1.165) is 6.04 Å². The second kappa shape index (κ2) is 7.34. The Kier molecular flexibility index (Phi) is 6.21. The van der Waals surface area contributed by atoms with Gasteiger partial charge in [-0.05, 0) is 45.3 Å². The minimum absolute atomic E-state index is 0.839. The van der Waals surface area contributed by atoms with Crippen molar-refractivity contribution in [1.82, 2.24) is 10.6 Å². The van der Waals surface area contributed by atoms with E-state index in [1.165, 1.54) is 58.2 Å². The molecule has 2 nitrogen and oxygen atoms in total. The fourth-order valence-corrected chi connectivity index (χ4v) is 1.95. The minimum atomic E-state index is 0.839. The van der Waals surface area contributed by atoms with Crippen LogP contribution in [0.2, 0.25) is 0 Å². The molecule has 2 N–H and O–H groups in total. The van der Waals surface area contributed by atoms with Crippen LogP contribution in [-0.2, 0) is 0 Å². The van der Waals surface area contributed by atoms with Gasteiger partial charge >= 0.3 is 0 Å². The molecule has 0 heterocycles. The van der Waals surface area contributed by atoms with Gasteiger partial charge in [0.05, 0.1) is 0 Å². The Balaban J connectivity index is 1.78. The average Bonchev–Trinajstić information content (AvgIpc) is 2.63. The van der Waals surface area contributed by atoms with Crippen LogP contribution in [0, 0.1) is 0 Å². The summed E-state index contributed by atoms with van der Waals surface area (Å²) in [6.07, 6.45) is 8.20. The van der Waals surface area contributed by atoms with Crippen LogP contribution in [-0.4, -0.2) is 25.7 Å². The van der Waals surface area contributed by atoms with Crippen LogP contribution in [0.3, 0.4) is 0 Å². The van der Waals surface area contributed by atoms with Gasteiger partial charge < -0.3 is 10.6 Å². The van der Waals surface area contributed by atoms with Crippen molar-refractivity contribution in [3.05, 3.63) is 0 Å². The SMILES string of the molecule is CCCNCCCNC1CCCC1. The third-order valence-corrected chi connectivity index (χ3v) is 2.75. The quantitative estimate of drug-likeness (QED) is 0.591. The smallest absolute Gasteiger partial charge is 0.00670 e. The monoisotopic (exact) mass is 184 g/mol. The normalized spacial score (nSPS) is 18.2. The Hall–Kier alpha value is -0.0800. The van der Waals surface area contributed by atoms with Crippen molar-refractivity contribution in [3.8, 4) is 0 Å². The molecule has 0 aromatic carbocycles. The minimum Gasteiger partial charge on any atom is -0.317 e. The van der Waals surface area contributed by atoms with Gasteiger partial charge in [-0.25, -0.2) is 0 Å². The summed E-state index contributed by atoms with van der Waals surface area (Å²) in [6.45, 7) is 5.75. The number of rotatable bonds is 7. The van der Waals surface area contributed by atoms with Crippen LogP contribution >= 0.6 is 0 Å². The summed E-state index contributed by atoms with van der Waals surface area (Å²) < 4.78 is 0. The highest BCUT2D eigenvalue weighted by atomic mass is 14.9. The second-order valence-electron chi connectivity index (χ2n) is 4.04. The molecule has 78 valence electrons. The largest absolute Gasteiger partial charge is 0.317 e. The Morgan fingerprint density at radius 2 is 1.85 bits per heavy atom. The number of nitrogens with one attached hydrogen (secondary N) is 2. The molecule has 1 saturated carbocycles. The van der Waals surface area contributed by atoms with E-state index in [1.54, 1.807) is 0 Å². The van der Waals surface area contributed by atoms with Gasteiger partial charge in [0.2, 0.25) is 0 Å². The molecule has 0 saturated heterocycles. The predicted molar refractivity (Wildman–Crippen MR) is 58.0 cm³/mol. The van der Waals surface area contributed by atoms with Crippen molar-refractivity contribution in [3.63, 3.8) is 0 Å². The van der Waals surface area contributed by atoms with E-state index in [4.69, 9.17) is 0 Å². The maximum atomic E-state index is 3.62. The van der Waals surface area contributed by atoms with Crippen LogP contribution in [0.4, 0.5) is 0 Å². The number of hydrogen-bond donors (Lipinski definition) is 2. The second-order valence-corrected chi connectivity index (χ2v) is 4.04. The Morgan fingerprint density at radius 1 is 1.08 bits per heavy atom. The zero-order chi connectivity index (χ0) is 9.36. The average molecular weight is 184 g/mol. The third-order valence-electron chi connectivity index (χ3n) is 2.75. The highest BCUT2D eigenvalue weighted by Crippen LogP contribution is 2.17. The molecule has 0 aromatic rings. The molecule has 1 aliphatic carbocycles. The Morgan fingerprint density at radius 3 is 2.54 bits per heavy atom. The van der Waals surface area contributed by atoms with Crippen LogP contribution in [0.25, 0.3) is 0 Å². The summed E-state index contributed by atoms with van der Waals surface area (Å²) in [6, 6.07) is 0.839. The van der Waals surface area contributed by atoms with E-state index in [9.17, 15) is 0 Å². The zero-order valence-corrected chi connectivity index (χ0v) is 8.94. The van der Waals surface area contributed by atoms with Gasteiger partial charge in [0.15, 0.2) is 0 Å². The van der Waals surface area contributed by atoms with Crippen molar-refractivity contribution in [2.45, 2.75) is 51.5 Å². The lowest BCUT2D eigenvalue weighted by Gasteiger charge is -2.11. The molecular formula is C11H24N2. The Bertz CT molecular complexity index is 109. The summed E-state index contributed by atoms with van der Waals surface area (Å²) >= 11 is 0. The first kappa shape index (κ1) is 11.0. The predicted octanol–water partition coefficient (Wildman–Crippen LogP) is 1.91. The highest BCUT2D eigenvalue weighted by Gasteiger charge is 2.12. The van der Waals surface area contributed by atoms with Gasteiger partial charge in [-0.2, -0.15) is 0 Å². The molecule has 1 fully saturated rings. The van der Waals surface area contributed by atoms with Crippen molar-refractivity contribution >= 4 is 0 Å². The summed E-state index contributed by atoms with van der Waals surface area (Å²) in [4.78, 5) is 0. The van der Waals surface area contributed by atoms with Gasteiger partial charge in [0.1, 0.15) is 0 Å². The van der Waals surface area contributed by atoms with Gasteiger partial charge in [0.25, 0.3) is 0 Å². The fraction of sp³-hybridized carbons (Fsp3) is 1.00. The van der Waals surface area contributed by atoms with E-state index in [1.807, 2.05) is 0 Å². The molecule has 0 bridgehead atoms. The first-order valence-electron chi connectivity index (χ1n) is 5.87. The lowest BCUT2D eigenvalue weighted by Crippen LogP contribution is -2.29. The van der Waals surface area contributed by atoms with Gasteiger partial charge in [-0.3, -0.25) is 0 Å². The van der Waals surface area contributed by atoms with Crippen LogP contribution in [0.15, 0.2) is 0 Å². The molecule has 0 spiro atoms. The Labute approximate surface area is 82.5 Å². The molecule has 13 heavy (non-hydrogen) atoms. The first-order valence-corrected chi connectivity index (χ1v) is 5.87. The maximum absolute atomic E-state index is 3.62. The van der Waals surface area contributed by atoms with Crippen molar-refractivity contribution in [2.75, 3.05) is 19.6 Å². The van der Waals surface area contributed by atoms with Gasteiger partial charge in [-0.1, -0.05) is 19.8 Å². The molecule has 0 aromatic heterocycles. The van der Waals surface area contributed by atoms with Crippen LogP contribution in [0.1, 0.15) is 45.4 Å². The van der Waals surface area contributed by atoms with Crippen molar-refractivity contribution in [2.24, 2.45) is 0 Å². The molecule has 0 unspecified atom stereocenters. The molecule has 0 atom stereocenters. The van der Waals surface area contributed by atoms with E-state index in [2.05, 4.69) is 17.6 Å². The van der Waals surface area contributed by atoms with Crippen molar-refractivity contribution in [1.29, 1.82) is 0 Å². The van der Waals surface area contributed by atoms with Gasteiger partial charge in [-0.15, -0.1) is 0 Å². The first-order chi connectivity index (χ1) is 6.43. The van der Waals surface area contributed by atoms with Crippen molar-refractivity contribution < 1.29 is 0 Å². The lowest BCUT2D eigenvalue weighted by atomic mass is 10.2. The zero-order valence-electron chi connectivity index (χ0n) is 8.94. The van der Waals surface area contributed by atoms with Crippen LogP contribution in [0.5, 0.6) is 0 Å². The van der Waals surface area contributed by atoms with E-state index < -0.39 is 0 Å². The van der Waals surface area contributed by atoms with E-state index in [0.29, 0.717) is 0 Å². The fourth-order valence-electron chi connectivity index (χ4n) is 1.95. The summed E-state index contributed by atoms with van der Waals surface area (Å²) in [5, 5.41) is 7.04. The summed E-state index contributed by atoms with van der Waals surface area (Å²) in [5.74, 6) is 0.